The highest BCUT2D eigenvalue weighted by Gasteiger charge is 2.29. The van der Waals surface area contributed by atoms with Gasteiger partial charge in [0.2, 0.25) is 10.0 Å². The van der Waals surface area contributed by atoms with E-state index >= 15 is 0 Å². The highest BCUT2D eigenvalue weighted by molar-refractivity contribution is 7.89. The summed E-state index contributed by atoms with van der Waals surface area (Å²) in [7, 11) is -3.77. The molecule has 2 aromatic carbocycles. The predicted molar refractivity (Wildman–Crippen MR) is 99.6 cm³/mol. The van der Waals surface area contributed by atoms with Gasteiger partial charge in [-0.1, -0.05) is 30.2 Å². The molecule has 144 valence electrons. The van der Waals surface area contributed by atoms with Gasteiger partial charge in [0.25, 0.3) is 0 Å². The number of carbonyl (C=O) groups is 1. The standard InChI is InChI=1S/C19H19ClFNO4S/c20-17-9-6-15(19(23)26-13-14-4-7-16(21)8-5-14)12-18(17)27(24,25)22-10-2-1-3-11-22/h4-9,12H,1-3,10-11,13H2. The van der Waals surface area contributed by atoms with Gasteiger partial charge < -0.3 is 4.74 Å². The zero-order chi connectivity index (χ0) is 19.4. The minimum Gasteiger partial charge on any atom is -0.457 e. The quantitative estimate of drug-likeness (QED) is 0.697. The second-order valence-corrected chi connectivity index (χ2v) is 8.63. The smallest absolute Gasteiger partial charge is 0.338 e. The molecule has 1 aliphatic heterocycles. The van der Waals surface area contributed by atoms with Crippen molar-refractivity contribution in [2.45, 2.75) is 30.8 Å². The summed E-state index contributed by atoms with van der Waals surface area (Å²) in [4.78, 5) is 12.2. The molecule has 1 heterocycles. The molecular weight excluding hydrogens is 393 g/mol. The first kappa shape index (κ1) is 19.8. The molecule has 0 aliphatic carbocycles. The van der Waals surface area contributed by atoms with Crippen LogP contribution in [0.3, 0.4) is 0 Å². The zero-order valence-electron chi connectivity index (χ0n) is 14.5. The van der Waals surface area contributed by atoms with E-state index in [1.807, 2.05) is 0 Å². The van der Waals surface area contributed by atoms with Crippen molar-refractivity contribution in [3.63, 3.8) is 0 Å². The summed E-state index contributed by atoms with van der Waals surface area (Å²) in [6.45, 7) is 0.839. The predicted octanol–water partition coefficient (Wildman–Crippen LogP) is 4.01. The molecule has 0 aromatic heterocycles. The van der Waals surface area contributed by atoms with Crippen molar-refractivity contribution in [2.75, 3.05) is 13.1 Å². The van der Waals surface area contributed by atoms with Gasteiger partial charge in [-0.3, -0.25) is 0 Å². The Balaban J connectivity index is 1.77. The Bertz CT molecular complexity index is 925. The van der Waals surface area contributed by atoms with E-state index in [-0.39, 0.29) is 27.9 Å². The van der Waals surface area contributed by atoms with Crippen LogP contribution in [0, 0.1) is 5.82 Å². The molecule has 0 bridgehead atoms. The van der Waals surface area contributed by atoms with E-state index in [2.05, 4.69) is 0 Å². The molecule has 27 heavy (non-hydrogen) atoms. The fourth-order valence-corrected chi connectivity index (χ4v) is 4.90. The molecule has 0 spiro atoms. The van der Waals surface area contributed by atoms with Gasteiger partial charge in [-0.05, 0) is 48.7 Å². The van der Waals surface area contributed by atoms with Gasteiger partial charge in [-0.25, -0.2) is 17.6 Å². The number of halogens is 2. The first-order valence-corrected chi connectivity index (χ1v) is 10.4. The highest BCUT2D eigenvalue weighted by Crippen LogP contribution is 2.28. The summed E-state index contributed by atoms with van der Waals surface area (Å²) >= 11 is 6.10. The van der Waals surface area contributed by atoms with Crippen LogP contribution in [0.4, 0.5) is 4.39 Å². The Morgan fingerprint density at radius 1 is 1.07 bits per heavy atom. The average molecular weight is 412 g/mol. The molecule has 0 atom stereocenters. The fourth-order valence-electron chi connectivity index (χ4n) is 2.89. The van der Waals surface area contributed by atoms with Crippen LogP contribution < -0.4 is 0 Å². The number of hydrogen-bond donors (Lipinski definition) is 0. The van der Waals surface area contributed by atoms with Crippen LogP contribution in [0.15, 0.2) is 47.4 Å². The van der Waals surface area contributed by atoms with Crippen molar-refractivity contribution in [3.05, 3.63) is 64.4 Å². The van der Waals surface area contributed by atoms with Crippen molar-refractivity contribution in [2.24, 2.45) is 0 Å². The molecule has 0 unspecified atom stereocenters. The Kier molecular flexibility index (Phi) is 6.14. The largest absolute Gasteiger partial charge is 0.457 e. The normalized spacial score (nSPS) is 15.5. The van der Waals surface area contributed by atoms with Crippen LogP contribution >= 0.6 is 11.6 Å². The fraction of sp³-hybridized carbons (Fsp3) is 0.316. The molecule has 1 aliphatic rings. The number of nitrogens with zero attached hydrogens (tertiary/aromatic N) is 1. The molecule has 2 aromatic rings. The molecule has 0 amide bonds. The SMILES string of the molecule is O=C(OCc1ccc(F)cc1)c1ccc(Cl)c(S(=O)(=O)N2CCCCC2)c1. The monoisotopic (exact) mass is 411 g/mol. The number of esters is 1. The summed E-state index contributed by atoms with van der Waals surface area (Å²) in [6, 6.07) is 9.62. The van der Waals surface area contributed by atoms with Crippen LogP contribution in [0.2, 0.25) is 5.02 Å². The van der Waals surface area contributed by atoms with Gasteiger partial charge in [-0.15, -0.1) is 0 Å². The van der Waals surface area contributed by atoms with Gasteiger partial charge in [0.1, 0.15) is 17.3 Å². The van der Waals surface area contributed by atoms with Crippen molar-refractivity contribution in [1.82, 2.24) is 4.31 Å². The number of benzene rings is 2. The third kappa shape index (κ3) is 4.66. The second-order valence-electron chi connectivity index (χ2n) is 6.31. The maximum atomic E-state index is 12.9. The van der Waals surface area contributed by atoms with Crippen LogP contribution in [0.5, 0.6) is 0 Å². The average Bonchev–Trinajstić information content (AvgIpc) is 2.68. The van der Waals surface area contributed by atoms with Gasteiger partial charge in [0.05, 0.1) is 10.6 Å². The third-order valence-electron chi connectivity index (χ3n) is 4.38. The first-order chi connectivity index (χ1) is 12.9. The van der Waals surface area contributed by atoms with Gasteiger partial charge >= 0.3 is 5.97 Å². The summed E-state index contributed by atoms with van der Waals surface area (Å²) in [5.74, 6) is -1.05. The lowest BCUT2D eigenvalue weighted by Gasteiger charge is -2.26. The Morgan fingerprint density at radius 3 is 2.41 bits per heavy atom. The second kappa shape index (κ2) is 8.37. The van der Waals surface area contributed by atoms with Gasteiger partial charge in [-0.2, -0.15) is 4.31 Å². The number of hydrogen-bond acceptors (Lipinski definition) is 4. The topological polar surface area (TPSA) is 63.7 Å². The number of piperidine rings is 1. The lowest BCUT2D eigenvalue weighted by atomic mass is 10.2. The van der Waals surface area contributed by atoms with Crippen molar-refractivity contribution < 1.29 is 22.3 Å². The van der Waals surface area contributed by atoms with Crippen LogP contribution in [0.25, 0.3) is 0 Å². The van der Waals surface area contributed by atoms with Crippen LogP contribution in [-0.2, 0) is 21.4 Å². The molecule has 0 radical (unpaired) electrons. The Morgan fingerprint density at radius 2 is 1.74 bits per heavy atom. The van der Waals surface area contributed by atoms with E-state index in [1.54, 1.807) is 0 Å². The third-order valence-corrected chi connectivity index (χ3v) is 6.76. The number of carbonyl (C=O) groups excluding carboxylic acids is 1. The first-order valence-electron chi connectivity index (χ1n) is 8.59. The van der Waals surface area contributed by atoms with Crippen molar-refractivity contribution in [3.8, 4) is 0 Å². The minimum absolute atomic E-state index is 0.0457. The molecule has 3 rings (SSSR count). The summed E-state index contributed by atoms with van der Waals surface area (Å²) in [5, 5.41) is 0.0654. The number of rotatable bonds is 5. The Labute approximate surface area is 162 Å². The van der Waals surface area contributed by atoms with E-state index in [0.29, 0.717) is 18.7 Å². The molecule has 1 saturated heterocycles. The Hall–Kier alpha value is -1.96. The maximum absolute atomic E-state index is 12.9. The molecule has 1 fully saturated rings. The molecule has 0 N–H and O–H groups in total. The minimum atomic E-state index is -3.77. The molecular formula is C19H19ClFNO4S. The van der Waals surface area contributed by atoms with Gasteiger partial charge in [0.15, 0.2) is 0 Å². The highest BCUT2D eigenvalue weighted by atomic mass is 35.5. The van der Waals surface area contributed by atoms with E-state index < -0.39 is 16.0 Å². The zero-order valence-corrected chi connectivity index (χ0v) is 16.1. The molecule has 5 nitrogen and oxygen atoms in total. The summed E-state index contributed by atoms with van der Waals surface area (Å²) in [6.07, 6.45) is 2.60. The van der Waals surface area contributed by atoms with Gasteiger partial charge in [0, 0.05) is 13.1 Å². The lowest BCUT2D eigenvalue weighted by molar-refractivity contribution is 0.0472. The van der Waals surface area contributed by atoms with E-state index in [9.17, 15) is 17.6 Å². The number of ether oxygens (including phenoxy) is 1. The van der Waals surface area contributed by atoms with Crippen LogP contribution in [0.1, 0.15) is 35.2 Å². The van der Waals surface area contributed by atoms with Crippen molar-refractivity contribution >= 4 is 27.6 Å². The van der Waals surface area contributed by atoms with E-state index in [1.165, 1.54) is 46.8 Å². The summed E-state index contributed by atoms with van der Waals surface area (Å²) in [5.41, 5.74) is 0.719. The van der Waals surface area contributed by atoms with E-state index in [4.69, 9.17) is 16.3 Å². The van der Waals surface area contributed by atoms with E-state index in [0.717, 1.165) is 19.3 Å². The molecule has 8 heteroatoms. The van der Waals surface area contributed by atoms with Crippen molar-refractivity contribution in [1.29, 1.82) is 0 Å². The number of sulfonamides is 1. The maximum Gasteiger partial charge on any atom is 0.338 e. The van der Waals surface area contributed by atoms with Crippen LogP contribution in [-0.4, -0.2) is 31.8 Å². The lowest BCUT2D eigenvalue weighted by Crippen LogP contribution is -2.35. The molecule has 0 saturated carbocycles. The summed E-state index contributed by atoms with van der Waals surface area (Å²) < 4.78 is 45.2.